The first kappa shape index (κ1) is 17.1. The Bertz CT molecular complexity index is 562. The number of carboxylic acid groups (broad SMARTS) is 1. The second-order valence-corrected chi connectivity index (χ2v) is 7.80. The Morgan fingerprint density at radius 3 is 2.70 bits per heavy atom. The van der Waals surface area contributed by atoms with E-state index in [1.807, 2.05) is 13.8 Å². The minimum atomic E-state index is -3.81. The van der Waals surface area contributed by atoms with Crippen molar-refractivity contribution in [2.45, 2.75) is 25.2 Å². The standard InChI is InChI=1S/C12H19NO5S2/c1-12(2,5-6-18-3)8-13-20(16,17)9-4-7-19-10(9)11(14)15/h4,7,13H,5-6,8H2,1-3H3,(H,14,15). The number of sulfonamides is 1. The number of nitrogens with one attached hydrogen (secondary N) is 1. The van der Waals surface area contributed by atoms with E-state index < -0.39 is 16.0 Å². The van der Waals surface area contributed by atoms with Crippen molar-refractivity contribution in [1.29, 1.82) is 0 Å². The Balaban J connectivity index is 2.80. The summed E-state index contributed by atoms with van der Waals surface area (Å²) in [6.07, 6.45) is 0.696. The van der Waals surface area contributed by atoms with Crippen LogP contribution in [0.15, 0.2) is 16.3 Å². The summed E-state index contributed by atoms with van der Waals surface area (Å²) >= 11 is 0.893. The van der Waals surface area contributed by atoms with Crippen LogP contribution in [0, 0.1) is 5.41 Å². The van der Waals surface area contributed by atoms with Gasteiger partial charge in [0.1, 0.15) is 9.77 Å². The molecule has 8 heteroatoms. The number of methoxy groups -OCH3 is 1. The highest BCUT2D eigenvalue weighted by Crippen LogP contribution is 2.24. The van der Waals surface area contributed by atoms with Crippen LogP contribution in [0.4, 0.5) is 0 Å². The smallest absolute Gasteiger partial charge is 0.347 e. The van der Waals surface area contributed by atoms with E-state index >= 15 is 0 Å². The second-order valence-electron chi connectivity index (χ2n) is 5.15. The van der Waals surface area contributed by atoms with Crippen molar-refractivity contribution in [3.63, 3.8) is 0 Å². The highest BCUT2D eigenvalue weighted by atomic mass is 32.2. The molecule has 0 aliphatic heterocycles. The highest BCUT2D eigenvalue weighted by molar-refractivity contribution is 7.89. The third-order valence-corrected chi connectivity index (χ3v) is 5.31. The van der Waals surface area contributed by atoms with Gasteiger partial charge in [0.05, 0.1) is 0 Å². The summed E-state index contributed by atoms with van der Waals surface area (Å²) in [6.45, 7) is 4.59. The maximum Gasteiger partial charge on any atom is 0.347 e. The Labute approximate surface area is 122 Å². The summed E-state index contributed by atoms with van der Waals surface area (Å²) in [6, 6.07) is 1.30. The van der Waals surface area contributed by atoms with E-state index in [1.54, 1.807) is 7.11 Å². The minimum absolute atomic E-state index is 0.174. The fourth-order valence-electron chi connectivity index (χ4n) is 1.50. The summed E-state index contributed by atoms with van der Waals surface area (Å²) in [5.74, 6) is -1.24. The molecule has 1 rings (SSSR count). The molecule has 1 aromatic rings. The third kappa shape index (κ3) is 4.55. The number of carbonyl (C=O) groups is 1. The molecule has 0 amide bonds. The van der Waals surface area contributed by atoms with Crippen molar-refractivity contribution in [1.82, 2.24) is 4.72 Å². The van der Waals surface area contributed by atoms with Gasteiger partial charge in [-0.2, -0.15) is 0 Å². The monoisotopic (exact) mass is 321 g/mol. The molecule has 1 heterocycles. The molecule has 2 N–H and O–H groups in total. The summed E-state index contributed by atoms with van der Waals surface area (Å²) in [4.78, 5) is 10.6. The normalized spacial score (nSPS) is 12.6. The molecule has 0 radical (unpaired) electrons. The van der Waals surface area contributed by atoms with Gasteiger partial charge in [-0.25, -0.2) is 17.9 Å². The predicted molar refractivity (Wildman–Crippen MR) is 76.7 cm³/mol. The van der Waals surface area contributed by atoms with Crippen molar-refractivity contribution in [2.24, 2.45) is 5.41 Å². The number of hydrogen-bond donors (Lipinski definition) is 2. The van der Waals surface area contributed by atoms with Crippen LogP contribution < -0.4 is 4.72 Å². The number of thiophene rings is 1. The van der Waals surface area contributed by atoms with Gasteiger partial charge in [-0.3, -0.25) is 0 Å². The molecule has 6 nitrogen and oxygen atoms in total. The maximum atomic E-state index is 12.1. The molecule has 0 fully saturated rings. The van der Waals surface area contributed by atoms with Crippen molar-refractivity contribution in [2.75, 3.05) is 20.3 Å². The van der Waals surface area contributed by atoms with Crippen LogP contribution in [-0.4, -0.2) is 39.8 Å². The van der Waals surface area contributed by atoms with Crippen molar-refractivity contribution >= 4 is 27.3 Å². The Kier molecular flexibility index (Phi) is 5.69. The molecule has 0 saturated carbocycles. The molecular formula is C12H19NO5S2. The first-order chi connectivity index (χ1) is 9.19. The average molecular weight is 321 g/mol. The van der Waals surface area contributed by atoms with Crippen LogP contribution in [0.5, 0.6) is 0 Å². The quantitative estimate of drug-likeness (QED) is 0.761. The maximum absolute atomic E-state index is 12.1. The predicted octanol–water partition coefficient (Wildman–Crippen LogP) is 1.79. The van der Waals surface area contributed by atoms with Crippen LogP contribution in [0.2, 0.25) is 0 Å². The van der Waals surface area contributed by atoms with Gasteiger partial charge in [0.15, 0.2) is 0 Å². The first-order valence-corrected chi connectivity index (χ1v) is 8.35. The zero-order chi connectivity index (χ0) is 15.4. The molecular weight excluding hydrogens is 302 g/mol. The molecule has 0 saturated heterocycles. The van der Waals surface area contributed by atoms with Gasteiger partial charge in [0.2, 0.25) is 10.0 Å². The Hall–Kier alpha value is -0.960. The van der Waals surface area contributed by atoms with Gasteiger partial charge in [0.25, 0.3) is 0 Å². The molecule has 0 aliphatic rings. The summed E-state index contributed by atoms with van der Waals surface area (Å²) < 4.78 is 31.7. The van der Waals surface area contributed by atoms with Crippen molar-refractivity contribution in [3.8, 4) is 0 Å². The lowest BCUT2D eigenvalue weighted by Gasteiger charge is -2.24. The molecule has 0 spiro atoms. The lowest BCUT2D eigenvalue weighted by Crippen LogP contribution is -2.35. The highest BCUT2D eigenvalue weighted by Gasteiger charge is 2.26. The molecule has 1 aromatic heterocycles. The number of rotatable bonds is 8. The number of aromatic carboxylic acids is 1. The fourth-order valence-corrected chi connectivity index (χ4v) is 4.00. The summed E-state index contributed by atoms with van der Waals surface area (Å²) in [5.41, 5.74) is -0.275. The van der Waals surface area contributed by atoms with Crippen molar-refractivity contribution < 1.29 is 23.1 Å². The molecule has 0 aromatic carbocycles. The molecule has 20 heavy (non-hydrogen) atoms. The van der Waals surface area contributed by atoms with Crippen LogP contribution in [-0.2, 0) is 14.8 Å². The zero-order valence-corrected chi connectivity index (χ0v) is 13.3. The van der Waals surface area contributed by atoms with Gasteiger partial charge in [-0.05, 0) is 23.3 Å². The van der Waals surface area contributed by atoms with E-state index in [1.165, 1.54) is 11.4 Å². The summed E-state index contributed by atoms with van der Waals surface area (Å²) in [7, 11) is -2.22. The Morgan fingerprint density at radius 2 is 2.15 bits per heavy atom. The van der Waals surface area contributed by atoms with Crippen LogP contribution >= 0.6 is 11.3 Å². The molecule has 0 atom stereocenters. The molecule has 114 valence electrons. The van der Waals surface area contributed by atoms with Crippen LogP contribution in [0.25, 0.3) is 0 Å². The van der Waals surface area contributed by atoms with Gasteiger partial charge >= 0.3 is 5.97 Å². The number of ether oxygens (including phenoxy) is 1. The Morgan fingerprint density at radius 1 is 1.50 bits per heavy atom. The first-order valence-electron chi connectivity index (χ1n) is 5.99. The molecule has 0 bridgehead atoms. The fraction of sp³-hybridized carbons (Fsp3) is 0.583. The SMILES string of the molecule is COCCC(C)(C)CNS(=O)(=O)c1ccsc1C(=O)O. The van der Waals surface area contributed by atoms with Crippen LogP contribution in [0.3, 0.4) is 0 Å². The lowest BCUT2D eigenvalue weighted by molar-refractivity contribution is 0.0698. The summed E-state index contributed by atoms with van der Waals surface area (Å²) in [5, 5.41) is 10.4. The van der Waals surface area contributed by atoms with Gasteiger partial charge in [-0.15, -0.1) is 11.3 Å². The van der Waals surface area contributed by atoms with E-state index in [9.17, 15) is 13.2 Å². The topological polar surface area (TPSA) is 92.7 Å². The average Bonchev–Trinajstić information content (AvgIpc) is 2.84. The van der Waals surface area contributed by atoms with Crippen molar-refractivity contribution in [3.05, 3.63) is 16.3 Å². The van der Waals surface area contributed by atoms with Crippen LogP contribution in [0.1, 0.15) is 29.9 Å². The van der Waals surface area contributed by atoms with E-state index in [0.717, 1.165) is 11.3 Å². The minimum Gasteiger partial charge on any atom is -0.477 e. The molecule has 0 unspecified atom stereocenters. The third-order valence-electron chi connectivity index (χ3n) is 2.84. The zero-order valence-electron chi connectivity index (χ0n) is 11.7. The number of carboxylic acids is 1. The van der Waals surface area contributed by atoms with E-state index in [-0.39, 0.29) is 21.7 Å². The van der Waals surface area contributed by atoms with E-state index in [4.69, 9.17) is 9.84 Å². The number of hydrogen-bond acceptors (Lipinski definition) is 5. The van der Waals surface area contributed by atoms with E-state index in [2.05, 4.69) is 4.72 Å². The largest absolute Gasteiger partial charge is 0.477 e. The van der Waals surface area contributed by atoms with Gasteiger partial charge < -0.3 is 9.84 Å². The van der Waals surface area contributed by atoms with Gasteiger partial charge in [0, 0.05) is 20.3 Å². The van der Waals surface area contributed by atoms with E-state index in [0.29, 0.717) is 13.0 Å². The molecule has 0 aliphatic carbocycles. The lowest BCUT2D eigenvalue weighted by atomic mass is 9.90. The second kappa shape index (κ2) is 6.66. The van der Waals surface area contributed by atoms with Gasteiger partial charge in [-0.1, -0.05) is 13.8 Å².